The maximum Gasteiger partial charge on any atom is 0.454 e. The van der Waals surface area contributed by atoms with Gasteiger partial charge in [0, 0.05) is 10.0 Å². The molecule has 2 N–H and O–H groups in total. The predicted molar refractivity (Wildman–Crippen MR) is 127 cm³/mol. The lowest BCUT2D eigenvalue weighted by atomic mass is 9.90. The van der Waals surface area contributed by atoms with Gasteiger partial charge in [0.25, 0.3) is 5.91 Å². The summed E-state index contributed by atoms with van der Waals surface area (Å²) in [6, 6.07) is 2.48. The van der Waals surface area contributed by atoms with Gasteiger partial charge in [0.05, 0.1) is 17.0 Å². The number of carbonyl (C=O) groups excluding carboxylic acids is 2. The molecule has 0 bridgehead atoms. The van der Waals surface area contributed by atoms with Crippen molar-refractivity contribution in [2.24, 2.45) is 0 Å². The molecule has 41 heavy (non-hydrogen) atoms. The van der Waals surface area contributed by atoms with Gasteiger partial charge in [-0.25, -0.2) is 0 Å². The smallest absolute Gasteiger partial charge is 0.345 e. The van der Waals surface area contributed by atoms with E-state index in [1.807, 2.05) is 0 Å². The van der Waals surface area contributed by atoms with E-state index < -0.39 is 77.0 Å². The number of hydrogen-bond acceptors (Lipinski definition) is 2. The van der Waals surface area contributed by atoms with Crippen LogP contribution in [0.4, 0.5) is 48.3 Å². The van der Waals surface area contributed by atoms with E-state index in [1.54, 1.807) is 5.32 Å². The number of amides is 2. The van der Waals surface area contributed by atoms with Crippen LogP contribution in [0.3, 0.4) is 0 Å². The van der Waals surface area contributed by atoms with Crippen molar-refractivity contribution in [1.82, 2.24) is 10.6 Å². The zero-order chi connectivity index (χ0) is 31.6. The van der Waals surface area contributed by atoms with E-state index in [2.05, 4.69) is 0 Å². The van der Waals surface area contributed by atoms with Crippen molar-refractivity contribution in [1.29, 1.82) is 0 Å². The molecular weight excluding hydrogens is 628 g/mol. The van der Waals surface area contributed by atoms with Gasteiger partial charge in [-0.2, -0.15) is 48.3 Å². The molecule has 4 nitrogen and oxygen atoms in total. The number of nitrogens with one attached hydrogen (secondary N) is 2. The Labute approximate surface area is 234 Å². The molecule has 2 aromatic rings. The van der Waals surface area contributed by atoms with Crippen LogP contribution in [0.5, 0.6) is 0 Å². The standard InChI is InChI=1S/C24H17Cl2F11N2O2/c1-11(19(40)38-10-21(27,28)29)39-20(41)16-4-2-12(6-18(16)23(32,33)34)3-5-17(22(30,31)24(35,36)37)13-7-14(25)9-15(26)8-13/h2-9,11,17H,10H2,1H3,(H,38,40)(H,39,41)/b5-3+. The first kappa shape index (κ1) is 34.1. The molecule has 0 aliphatic heterocycles. The fourth-order valence-electron chi connectivity index (χ4n) is 3.36. The van der Waals surface area contributed by atoms with Crippen LogP contribution in [0.25, 0.3) is 6.08 Å². The van der Waals surface area contributed by atoms with Gasteiger partial charge in [-0.15, -0.1) is 0 Å². The molecule has 2 aromatic carbocycles. The van der Waals surface area contributed by atoms with E-state index >= 15 is 0 Å². The lowest BCUT2D eigenvalue weighted by Gasteiger charge is -2.27. The molecule has 2 amide bonds. The molecule has 2 unspecified atom stereocenters. The molecule has 17 heteroatoms. The summed E-state index contributed by atoms with van der Waals surface area (Å²) in [6.07, 6.45) is -15.3. The number of carbonyl (C=O) groups is 2. The fourth-order valence-corrected chi connectivity index (χ4v) is 3.90. The molecule has 0 radical (unpaired) electrons. The van der Waals surface area contributed by atoms with Crippen LogP contribution < -0.4 is 10.6 Å². The Morgan fingerprint density at radius 1 is 0.878 bits per heavy atom. The first-order valence-electron chi connectivity index (χ1n) is 11.0. The molecule has 0 heterocycles. The summed E-state index contributed by atoms with van der Waals surface area (Å²) in [6.45, 7) is -0.867. The first-order chi connectivity index (χ1) is 18.5. The SMILES string of the molecule is CC(NC(=O)c1ccc(/C=C/C(c2cc(Cl)cc(Cl)c2)C(F)(F)C(F)(F)F)cc1C(F)(F)F)C(=O)NCC(F)(F)F. The molecule has 0 saturated carbocycles. The summed E-state index contributed by atoms with van der Waals surface area (Å²) in [7, 11) is 0. The zero-order valence-electron chi connectivity index (χ0n) is 20.2. The molecule has 226 valence electrons. The molecule has 2 rings (SSSR count). The maximum atomic E-state index is 14.4. The summed E-state index contributed by atoms with van der Waals surface area (Å²) >= 11 is 11.4. The number of allylic oxidation sites excluding steroid dienone is 1. The van der Waals surface area contributed by atoms with Crippen LogP contribution in [0.2, 0.25) is 10.0 Å². The van der Waals surface area contributed by atoms with Crippen LogP contribution >= 0.6 is 23.2 Å². The molecular formula is C24H17Cl2F11N2O2. The molecule has 2 atom stereocenters. The predicted octanol–water partition coefficient (Wildman–Crippen LogP) is 7.80. The van der Waals surface area contributed by atoms with Crippen LogP contribution in [0.15, 0.2) is 42.5 Å². The first-order valence-corrected chi connectivity index (χ1v) is 11.7. The van der Waals surface area contributed by atoms with Gasteiger partial charge in [0.1, 0.15) is 12.6 Å². The average molecular weight is 645 g/mol. The highest BCUT2D eigenvalue weighted by Gasteiger charge is 2.62. The average Bonchev–Trinajstić information content (AvgIpc) is 2.80. The Morgan fingerprint density at radius 3 is 1.93 bits per heavy atom. The van der Waals surface area contributed by atoms with Crippen molar-refractivity contribution in [2.75, 3.05) is 6.54 Å². The highest BCUT2D eigenvalue weighted by molar-refractivity contribution is 6.34. The Bertz CT molecular complexity index is 1290. The van der Waals surface area contributed by atoms with Gasteiger partial charge in [-0.05, 0) is 48.4 Å². The molecule has 0 aliphatic carbocycles. The zero-order valence-corrected chi connectivity index (χ0v) is 21.7. The minimum Gasteiger partial charge on any atom is -0.345 e. The summed E-state index contributed by atoms with van der Waals surface area (Å²) in [5.74, 6) is -11.1. The fraction of sp³-hybridized carbons (Fsp3) is 0.333. The normalized spacial score (nSPS) is 14.6. The Kier molecular flexibility index (Phi) is 10.3. The van der Waals surface area contributed by atoms with E-state index in [0.717, 1.165) is 31.2 Å². The van der Waals surface area contributed by atoms with Gasteiger partial charge in [0.15, 0.2) is 0 Å². The Morgan fingerprint density at radius 2 is 1.44 bits per heavy atom. The molecule has 0 aliphatic rings. The van der Waals surface area contributed by atoms with Crippen molar-refractivity contribution in [3.63, 3.8) is 0 Å². The van der Waals surface area contributed by atoms with Gasteiger partial charge in [0.2, 0.25) is 5.91 Å². The van der Waals surface area contributed by atoms with Crippen LogP contribution in [0, 0.1) is 0 Å². The van der Waals surface area contributed by atoms with Gasteiger partial charge in [-0.1, -0.05) is 41.4 Å². The van der Waals surface area contributed by atoms with E-state index in [4.69, 9.17) is 23.2 Å². The van der Waals surface area contributed by atoms with Crippen molar-refractivity contribution in [2.45, 2.75) is 43.3 Å². The Hall–Kier alpha value is -3.07. The molecule has 0 aromatic heterocycles. The van der Waals surface area contributed by atoms with Gasteiger partial charge >= 0.3 is 24.5 Å². The van der Waals surface area contributed by atoms with E-state index in [9.17, 15) is 57.9 Å². The van der Waals surface area contributed by atoms with Crippen molar-refractivity contribution >= 4 is 41.1 Å². The summed E-state index contributed by atoms with van der Waals surface area (Å²) < 4.78 is 146. The largest absolute Gasteiger partial charge is 0.454 e. The van der Waals surface area contributed by atoms with Crippen molar-refractivity contribution < 1.29 is 57.9 Å². The van der Waals surface area contributed by atoms with Crippen molar-refractivity contribution in [3.8, 4) is 0 Å². The number of alkyl halides is 11. The quantitative estimate of drug-likeness (QED) is 0.288. The van der Waals surface area contributed by atoms with E-state index in [1.165, 1.54) is 5.32 Å². The lowest BCUT2D eigenvalue weighted by molar-refractivity contribution is -0.286. The second-order valence-electron chi connectivity index (χ2n) is 8.49. The van der Waals surface area contributed by atoms with Crippen LogP contribution in [0.1, 0.15) is 39.9 Å². The second kappa shape index (κ2) is 12.4. The topological polar surface area (TPSA) is 58.2 Å². The minimum absolute atomic E-state index is 0.271. The number of rotatable bonds is 8. The maximum absolute atomic E-state index is 14.4. The molecule has 0 fully saturated rings. The van der Waals surface area contributed by atoms with E-state index in [0.29, 0.717) is 12.1 Å². The van der Waals surface area contributed by atoms with Gasteiger partial charge in [-0.3, -0.25) is 9.59 Å². The van der Waals surface area contributed by atoms with Crippen LogP contribution in [-0.2, 0) is 11.0 Å². The monoisotopic (exact) mass is 644 g/mol. The number of benzene rings is 2. The van der Waals surface area contributed by atoms with Gasteiger partial charge < -0.3 is 10.6 Å². The third-order valence-electron chi connectivity index (χ3n) is 5.29. The Balaban J connectivity index is 2.45. The van der Waals surface area contributed by atoms with E-state index in [-0.39, 0.29) is 22.2 Å². The number of halogens is 13. The minimum atomic E-state index is -6.08. The molecule has 0 spiro atoms. The highest BCUT2D eigenvalue weighted by Crippen LogP contribution is 2.47. The highest BCUT2D eigenvalue weighted by atomic mass is 35.5. The van der Waals surface area contributed by atoms with Crippen molar-refractivity contribution in [3.05, 3.63) is 74.8 Å². The lowest BCUT2D eigenvalue weighted by Crippen LogP contribution is -2.47. The van der Waals surface area contributed by atoms with Crippen LogP contribution in [-0.4, -0.2) is 42.7 Å². The number of hydrogen-bond donors (Lipinski definition) is 2. The summed E-state index contributed by atoms with van der Waals surface area (Å²) in [4.78, 5) is 24.2. The third kappa shape index (κ3) is 9.21. The second-order valence-corrected chi connectivity index (χ2v) is 9.36. The summed E-state index contributed by atoms with van der Waals surface area (Å²) in [5.41, 5.74) is -4.04. The molecule has 0 saturated heterocycles. The third-order valence-corrected chi connectivity index (χ3v) is 5.73. The summed E-state index contributed by atoms with van der Waals surface area (Å²) in [5, 5.41) is 2.65.